The zero-order valence-corrected chi connectivity index (χ0v) is 25.7. The van der Waals surface area contributed by atoms with Crippen molar-refractivity contribution in [3.63, 3.8) is 0 Å². The first-order valence-corrected chi connectivity index (χ1v) is 15.9. The molecule has 1 saturated carbocycles. The Labute approximate surface area is 256 Å². The Morgan fingerprint density at radius 1 is 0.977 bits per heavy atom. The first-order valence-electron chi connectivity index (χ1n) is 14.6. The van der Waals surface area contributed by atoms with Crippen LogP contribution < -0.4 is 0 Å². The smallest absolute Gasteiger partial charge is 0.303 e. The average molecular weight is 611 g/mol. The summed E-state index contributed by atoms with van der Waals surface area (Å²) in [5.41, 5.74) is 3.69. The maximum absolute atomic E-state index is 12.4. The Balaban J connectivity index is 1.59. The number of ether oxygens (including phenoxy) is 6. The molecule has 0 bridgehead atoms. The zero-order chi connectivity index (χ0) is 30.5. The SMILES string of the molecule is CSC1OC(c2ccc(C3CC3)c(C(CC3=CC=CCC3)C3=COC=CO3)c2)C(OC(C)=O)C(OC(C)=O)C1OC(C)=O. The number of carbonyl (C=O) groups is 3. The normalized spacial score (nSPS) is 27.1. The molecular formula is C33H38O9S. The lowest BCUT2D eigenvalue weighted by Gasteiger charge is -2.44. The van der Waals surface area contributed by atoms with E-state index in [2.05, 4.69) is 30.4 Å². The second kappa shape index (κ2) is 13.9. The van der Waals surface area contributed by atoms with Crippen molar-refractivity contribution >= 4 is 29.7 Å². The summed E-state index contributed by atoms with van der Waals surface area (Å²) in [6, 6.07) is 6.19. The van der Waals surface area contributed by atoms with Crippen LogP contribution in [0.2, 0.25) is 0 Å². The van der Waals surface area contributed by atoms with Crippen molar-refractivity contribution < 1.29 is 42.8 Å². The summed E-state index contributed by atoms with van der Waals surface area (Å²) in [5.74, 6) is -0.725. The Kier molecular flexibility index (Phi) is 9.97. The van der Waals surface area contributed by atoms with E-state index in [0.717, 1.165) is 43.2 Å². The average Bonchev–Trinajstić information content (AvgIpc) is 3.83. The lowest BCUT2D eigenvalue weighted by atomic mass is 9.82. The molecule has 0 amide bonds. The van der Waals surface area contributed by atoms with Gasteiger partial charge in [-0.2, -0.15) is 0 Å². The van der Waals surface area contributed by atoms with Crippen LogP contribution in [0.3, 0.4) is 0 Å². The van der Waals surface area contributed by atoms with E-state index in [0.29, 0.717) is 11.7 Å². The maximum atomic E-state index is 12.4. The van der Waals surface area contributed by atoms with Crippen LogP contribution in [0.15, 0.2) is 66.5 Å². The third kappa shape index (κ3) is 7.54. The van der Waals surface area contributed by atoms with Gasteiger partial charge in [-0.3, -0.25) is 14.4 Å². The maximum Gasteiger partial charge on any atom is 0.303 e. The molecule has 0 aromatic heterocycles. The Hall–Kier alpha value is -3.50. The van der Waals surface area contributed by atoms with Crippen LogP contribution in [0, 0.1) is 0 Å². The number of thioether (sulfide) groups is 1. The molecule has 43 heavy (non-hydrogen) atoms. The lowest BCUT2D eigenvalue weighted by molar-refractivity contribution is -0.233. The first-order chi connectivity index (χ1) is 20.7. The highest BCUT2D eigenvalue weighted by molar-refractivity contribution is 7.99. The molecule has 2 fully saturated rings. The molecule has 0 radical (unpaired) electrons. The monoisotopic (exact) mass is 610 g/mol. The minimum absolute atomic E-state index is 0.136. The fraction of sp³-hybridized carbons (Fsp3) is 0.485. The summed E-state index contributed by atoms with van der Waals surface area (Å²) in [6.45, 7) is 3.83. The molecule has 0 spiro atoms. The van der Waals surface area contributed by atoms with Gasteiger partial charge in [-0.25, -0.2) is 0 Å². The predicted molar refractivity (Wildman–Crippen MR) is 159 cm³/mol. The van der Waals surface area contributed by atoms with E-state index in [1.165, 1.54) is 49.9 Å². The topological polar surface area (TPSA) is 107 Å². The van der Waals surface area contributed by atoms with Gasteiger partial charge in [0.25, 0.3) is 0 Å². The van der Waals surface area contributed by atoms with Crippen LogP contribution in [0.4, 0.5) is 0 Å². The molecule has 2 aliphatic heterocycles. The molecule has 0 N–H and O–H groups in total. The Morgan fingerprint density at radius 2 is 1.70 bits per heavy atom. The third-order valence-electron chi connectivity index (χ3n) is 7.90. The summed E-state index contributed by atoms with van der Waals surface area (Å²) in [6.07, 6.45) is 13.9. The summed E-state index contributed by atoms with van der Waals surface area (Å²) < 4.78 is 35.1. The van der Waals surface area contributed by atoms with E-state index in [9.17, 15) is 14.4 Å². The number of benzene rings is 1. The van der Waals surface area contributed by atoms with Crippen molar-refractivity contribution in [2.45, 2.75) is 94.6 Å². The van der Waals surface area contributed by atoms with Gasteiger partial charge in [-0.15, -0.1) is 11.8 Å². The van der Waals surface area contributed by atoms with Gasteiger partial charge >= 0.3 is 17.9 Å². The molecule has 2 aliphatic carbocycles. The van der Waals surface area contributed by atoms with Crippen LogP contribution in [0.1, 0.15) is 87.5 Å². The fourth-order valence-electron chi connectivity index (χ4n) is 5.96. The summed E-state index contributed by atoms with van der Waals surface area (Å²) >= 11 is 1.32. The second-order valence-corrected chi connectivity index (χ2v) is 12.1. The van der Waals surface area contributed by atoms with Gasteiger partial charge in [-0.1, -0.05) is 42.0 Å². The minimum atomic E-state index is -1.08. The second-order valence-electron chi connectivity index (χ2n) is 11.1. The van der Waals surface area contributed by atoms with E-state index in [4.69, 9.17) is 28.4 Å². The van der Waals surface area contributed by atoms with Crippen LogP contribution >= 0.6 is 11.8 Å². The molecule has 5 rings (SSSR count). The van der Waals surface area contributed by atoms with Crippen molar-refractivity contribution in [1.29, 1.82) is 0 Å². The van der Waals surface area contributed by atoms with Gasteiger partial charge in [-0.05, 0) is 61.0 Å². The zero-order valence-electron chi connectivity index (χ0n) is 24.9. The highest BCUT2D eigenvalue weighted by Gasteiger charge is 2.52. The van der Waals surface area contributed by atoms with Crippen LogP contribution in [-0.4, -0.2) is 47.9 Å². The standard InChI is InChI=1S/C33H38O9S/c1-19(34)39-30-29(42-33(43-4)32(41-21(3)36)31(30)40-20(2)35)24-12-13-25(23-10-11-23)26(17-24)27(28-18-37-14-15-38-28)16-22-8-6-5-7-9-22/h5-6,8,12-15,17-18,23,27,29-33H,7,9-11,16H2,1-4H3. The van der Waals surface area contributed by atoms with Crippen molar-refractivity contribution in [2.75, 3.05) is 6.26 Å². The largest absolute Gasteiger partial charge is 0.466 e. The van der Waals surface area contributed by atoms with Gasteiger partial charge in [0.05, 0.1) is 0 Å². The van der Waals surface area contributed by atoms with Crippen LogP contribution in [-0.2, 0) is 42.8 Å². The molecule has 1 saturated heterocycles. The number of hydrogen-bond acceptors (Lipinski definition) is 10. The molecule has 10 heteroatoms. The Bertz CT molecular complexity index is 1340. The molecule has 2 heterocycles. The van der Waals surface area contributed by atoms with Crippen LogP contribution in [0.5, 0.6) is 0 Å². The molecule has 6 atom stereocenters. The number of rotatable bonds is 10. The molecular weight excluding hydrogens is 572 g/mol. The summed E-state index contributed by atoms with van der Waals surface area (Å²) in [7, 11) is 0. The van der Waals surface area contributed by atoms with Crippen molar-refractivity contribution in [3.8, 4) is 0 Å². The fourth-order valence-corrected chi connectivity index (χ4v) is 6.66. The molecule has 9 nitrogen and oxygen atoms in total. The van der Waals surface area contributed by atoms with Gasteiger partial charge in [0, 0.05) is 26.7 Å². The Morgan fingerprint density at radius 3 is 2.30 bits per heavy atom. The molecule has 230 valence electrons. The van der Waals surface area contributed by atoms with E-state index >= 15 is 0 Å². The minimum Gasteiger partial charge on any atom is -0.466 e. The first kappa shape index (κ1) is 30.9. The van der Waals surface area contributed by atoms with E-state index in [-0.39, 0.29) is 5.92 Å². The number of esters is 3. The predicted octanol–water partition coefficient (Wildman–Crippen LogP) is 6.23. The molecule has 1 aromatic carbocycles. The summed E-state index contributed by atoms with van der Waals surface area (Å²) in [4.78, 5) is 36.7. The van der Waals surface area contributed by atoms with Crippen molar-refractivity contribution in [1.82, 2.24) is 0 Å². The highest BCUT2D eigenvalue weighted by atomic mass is 32.2. The molecule has 1 aromatic rings. The van der Waals surface area contributed by atoms with Gasteiger partial charge in [0.2, 0.25) is 0 Å². The molecule has 4 aliphatic rings. The number of allylic oxidation sites excluding steroid dienone is 5. The highest BCUT2D eigenvalue weighted by Crippen LogP contribution is 2.48. The number of hydrogen-bond donors (Lipinski definition) is 0. The van der Waals surface area contributed by atoms with Gasteiger partial charge in [0.1, 0.15) is 36.1 Å². The molecule has 6 unspecified atom stereocenters. The van der Waals surface area contributed by atoms with Gasteiger partial charge in [0.15, 0.2) is 18.3 Å². The van der Waals surface area contributed by atoms with E-state index < -0.39 is 47.8 Å². The van der Waals surface area contributed by atoms with Crippen molar-refractivity contribution in [3.05, 3.63) is 83.2 Å². The van der Waals surface area contributed by atoms with E-state index in [1.54, 1.807) is 12.5 Å². The lowest BCUT2D eigenvalue weighted by Crippen LogP contribution is -2.57. The van der Waals surface area contributed by atoms with Crippen LogP contribution in [0.25, 0.3) is 0 Å². The quantitative estimate of drug-likeness (QED) is 0.224. The summed E-state index contributed by atoms with van der Waals surface area (Å²) in [5, 5.41) is 0. The van der Waals surface area contributed by atoms with Gasteiger partial charge < -0.3 is 28.4 Å². The van der Waals surface area contributed by atoms with Crippen molar-refractivity contribution in [2.24, 2.45) is 0 Å². The number of carbonyl (C=O) groups excluding carboxylic acids is 3. The third-order valence-corrected chi connectivity index (χ3v) is 8.74. The van der Waals surface area contributed by atoms with E-state index in [1.807, 2.05) is 12.3 Å².